The molecule has 0 bridgehead atoms. The van der Waals surface area contributed by atoms with Gasteiger partial charge >= 0.3 is 0 Å². The van der Waals surface area contributed by atoms with Gasteiger partial charge < -0.3 is 24.5 Å². The summed E-state index contributed by atoms with van der Waals surface area (Å²) < 4.78 is 16.7. The highest BCUT2D eigenvalue weighted by atomic mass is 35.5. The second-order valence-electron chi connectivity index (χ2n) is 8.01. The molecule has 1 aliphatic carbocycles. The Morgan fingerprint density at radius 1 is 1.16 bits per heavy atom. The number of allylic oxidation sites excluding steroid dienone is 1. The quantitative estimate of drug-likeness (QED) is 0.555. The first-order valence-corrected chi connectivity index (χ1v) is 10.5. The van der Waals surface area contributed by atoms with E-state index in [0.29, 0.717) is 17.9 Å². The van der Waals surface area contributed by atoms with Crippen LogP contribution < -0.4 is 19.5 Å². The van der Waals surface area contributed by atoms with Gasteiger partial charge in [0.25, 0.3) is 0 Å². The van der Waals surface area contributed by atoms with Crippen molar-refractivity contribution in [3.05, 3.63) is 58.9 Å². The molecule has 3 aromatic rings. The van der Waals surface area contributed by atoms with Crippen LogP contribution in [0.4, 0.5) is 5.69 Å². The number of H-pyrrole nitrogens is 1. The van der Waals surface area contributed by atoms with Gasteiger partial charge in [0.15, 0.2) is 5.75 Å². The average molecular weight is 453 g/mol. The molecule has 2 aromatic carbocycles. The largest absolute Gasteiger partial charge is 0.496 e. The van der Waals surface area contributed by atoms with E-state index in [0.717, 1.165) is 16.6 Å². The predicted molar refractivity (Wildman–Crippen MR) is 121 cm³/mol. The molecular weight excluding hydrogens is 432 g/mol. The first-order chi connectivity index (χ1) is 15.4. The van der Waals surface area contributed by atoms with Crippen LogP contribution in [0.15, 0.2) is 48.3 Å². The Morgan fingerprint density at radius 2 is 1.94 bits per heavy atom. The maximum absolute atomic E-state index is 13.5. The van der Waals surface area contributed by atoms with Crippen LogP contribution in [0.5, 0.6) is 17.2 Å². The zero-order valence-corrected chi connectivity index (χ0v) is 18.5. The van der Waals surface area contributed by atoms with E-state index in [1.165, 1.54) is 26.4 Å². The number of rotatable bonds is 4. The van der Waals surface area contributed by atoms with Crippen molar-refractivity contribution in [1.29, 1.82) is 0 Å². The zero-order chi connectivity index (χ0) is 22.6. The van der Waals surface area contributed by atoms with Crippen LogP contribution in [0.3, 0.4) is 0 Å². The molecule has 0 radical (unpaired) electrons. The van der Waals surface area contributed by atoms with E-state index in [4.69, 9.17) is 25.8 Å². The number of hydrogen-bond donors (Lipinski definition) is 2. The molecular formula is C24H21ClN2O5. The summed E-state index contributed by atoms with van der Waals surface area (Å²) in [7, 11) is 2.90. The number of methoxy groups -OCH3 is 2. The Morgan fingerprint density at radius 3 is 2.66 bits per heavy atom. The van der Waals surface area contributed by atoms with Crippen LogP contribution in [-0.2, 0) is 4.79 Å². The van der Waals surface area contributed by atoms with Gasteiger partial charge in [-0.2, -0.15) is 0 Å². The normalized spacial score (nSPS) is 22.0. The molecule has 0 fully saturated rings. The summed E-state index contributed by atoms with van der Waals surface area (Å²) in [5.74, 6) is -0.637. The summed E-state index contributed by atoms with van der Waals surface area (Å²) in [6.07, 6.45) is 3.75. The first-order valence-electron chi connectivity index (χ1n) is 10.2. The van der Waals surface area contributed by atoms with Crippen LogP contribution >= 0.6 is 11.6 Å². The van der Waals surface area contributed by atoms with E-state index in [9.17, 15) is 9.59 Å². The molecule has 2 heterocycles. The number of nitrogens with one attached hydrogen (secondary N) is 2. The highest BCUT2D eigenvalue weighted by Crippen LogP contribution is 2.53. The van der Waals surface area contributed by atoms with Crippen molar-refractivity contribution < 1.29 is 23.8 Å². The Balaban J connectivity index is 1.51. The highest BCUT2D eigenvalue weighted by molar-refractivity contribution is 6.36. The number of carbonyl (C=O) groups is 2. The average Bonchev–Trinajstić information content (AvgIpc) is 3.36. The SMILES string of the molecule is COc1cc(OC)c2c(c1Cl)OC1(C(=O)C=C(Nc3ccc4cc[nH]c4c3)CC1C)C2=O. The Bertz CT molecular complexity index is 1310. The lowest BCUT2D eigenvalue weighted by atomic mass is 9.74. The first kappa shape index (κ1) is 20.5. The molecule has 164 valence electrons. The minimum Gasteiger partial charge on any atom is -0.496 e. The van der Waals surface area contributed by atoms with Crippen LogP contribution in [0.25, 0.3) is 10.9 Å². The van der Waals surface area contributed by atoms with Gasteiger partial charge in [-0.25, -0.2) is 0 Å². The minimum absolute atomic E-state index is 0.120. The number of halogens is 1. The predicted octanol–water partition coefficient (Wildman–Crippen LogP) is 4.76. The van der Waals surface area contributed by atoms with E-state index < -0.39 is 23.1 Å². The molecule has 7 nitrogen and oxygen atoms in total. The monoisotopic (exact) mass is 452 g/mol. The van der Waals surface area contributed by atoms with E-state index in [1.54, 1.807) is 0 Å². The zero-order valence-electron chi connectivity index (χ0n) is 17.7. The Hall–Kier alpha value is -3.45. The van der Waals surface area contributed by atoms with Gasteiger partial charge in [-0.1, -0.05) is 24.6 Å². The number of fused-ring (bicyclic) bond motifs is 2. The number of aromatic nitrogens is 1. The molecule has 8 heteroatoms. The molecule has 1 spiro atoms. The van der Waals surface area contributed by atoms with Crippen molar-refractivity contribution in [1.82, 2.24) is 4.98 Å². The van der Waals surface area contributed by atoms with Gasteiger partial charge in [0.05, 0.1) is 14.2 Å². The molecule has 2 atom stereocenters. The summed E-state index contributed by atoms with van der Waals surface area (Å²) >= 11 is 6.42. The van der Waals surface area contributed by atoms with Crippen molar-refractivity contribution in [2.75, 3.05) is 19.5 Å². The summed E-state index contributed by atoms with van der Waals surface area (Å²) in [6.45, 7) is 1.82. The maximum Gasteiger partial charge on any atom is 0.236 e. The van der Waals surface area contributed by atoms with Gasteiger partial charge in [0.1, 0.15) is 22.1 Å². The molecule has 0 amide bonds. The lowest BCUT2D eigenvalue weighted by molar-refractivity contribution is -0.129. The van der Waals surface area contributed by atoms with Crippen molar-refractivity contribution >= 4 is 39.8 Å². The van der Waals surface area contributed by atoms with Gasteiger partial charge in [-0.3, -0.25) is 9.59 Å². The van der Waals surface area contributed by atoms with Gasteiger partial charge in [-0.05, 0) is 30.0 Å². The second-order valence-corrected chi connectivity index (χ2v) is 8.39. The van der Waals surface area contributed by atoms with Crippen molar-refractivity contribution in [3.63, 3.8) is 0 Å². The molecule has 32 heavy (non-hydrogen) atoms. The van der Waals surface area contributed by atoms with Crippen molar-refractivity contribution in [2.45, 2.75) is 18.9 Å². The smallest absolute Gasteiger partial charge is 0.236 e. The van der Waals surface area contributed by atoms with Crippen LogP contribution in [0.1, 0.15) is 23.7 Å². The third-order valence-electron chi connectivity index (χ3n) is 6.17. The lowest BCUT2D eigenvalue weighted by Gasteiger charge is -2.35. The molecule has 2 unspecified atom stereocenters. The van der Waals surface area contributed by atoms with Gasteiger partial charge in [-0.15, -0.1) is 0 Å². The summed E-state index contributed by atoms with van der Waals surface area (Å²) in [5.41, 5.74) is 1.03. The highest BCUT2D eigenvalue weighted by Gasteiger charge is 2.60. The summed E-state index contributed by atoms with van der Waals surface area (Å²) in [4.78, 5) is 30.1. The molecule has 5 rings (SSSR count). The number of aromatic amines is 1. The van der Waals surface area contributed by atoms with Crippen molar-refractivity contribution in [2.24, 2.45) is 5.92 Å². The van der Waals surface area contributed by atoms with E-state index in [1.807, 2.05) is 37.4 Å². The van der Waals surface area contributed by atoms with Crippen LogP contribution in [-0.4, -0.2) is 36.4 Å². The van der Waals surface area contributed by atoms with Crippen LogP contribution in [0.2, 0.25) is 5.02 Å². The standard InChI is InChI=1S/C24H21ClN2O5/c1-12-8-15(27-14-5-4-13-6-7-26-16(13)9-14)10-19(28)24(12)23(29)20-17(30-2)11-18(31-3)21(25)22(20)32-24/h4-7,9-12,26-27H,8H2,1-3H3. The fourth-order valence-electron chi connectivity index (χ4n) is 4.53. The Labute approximate surface area is 189 Å². The number of ketones is 2. The lowest BCUT2D eigenvalue weighted by Crippen LogP contribution is -2.55. The number of hydrogen-bond acceptors (Lipinski definition) is 6. The minimum atomic E-state index is -1.68. The molecule has 0 saturated heterocycles. The Kier molecular flexibility index (Phi) is 4.67. The summed E-state index contributed by atoms with van der Waals surface area (Å²) in [5, 5.41) is 4.54. The third-order valence-corrected chi connectivity index (χ3v) is 6.53. The van der Waals surface area contributed by atoms with Crippen LogP contribution in [0, 0.1) is 5.92 Å². The fourth-order valence-corrected chi connectivity index (χ4v) is 4.79. The van der Waals surface area contributed by atoms with Crippen molar-refractivity contribution in [3.8, 4) is 17.2 Å². The maximum atomic E-state index is 13.5. The molecule has 1 aromatic heterocycles. The van der Waals surface area contributed by atoms with Gasteiger partial charge in [0.2, 0.25) is 17.2 Å². The second kappa shape index (κ2) is 7.31. The molecule has 2 aliphatic rings. The van der Waals surface area contributed by atoms with E-state index >= 15 is 0 Å². The third kappa shape index (κ3) is 2.81. The molecule has 1 aliphatic heterocycles. The number of carbonyl (C=O) groups excluding carboxylic acids is 2. The number of anilines is 1. The molecule has 0 saturated carbocycles. The summed E-state index contributed by atoms with van der Waals surface area (Å²) in [6, 6.07) is 9.43. The number of benzene rings is 2. The fraction of sp³-hybridized carbons (Fsp3) is 0.250. The van der Waals surface area contributed by atoms with E-state index in [-0.39, 0.29) is 22.1 Å². The van der Waals surface area contributed by atoms with E-state index in [2.05, 4.69) is 10.3 Å². The van der Waals surface area contributed by atoms with Gasteiger partial charge in [0, 0.05) is 41.2 Å². The molecule has 2 N–H and O–H groups in total. The number of ether oxygens (including phenoxy) is 3. The number of Topliss-reactive ketones (excluding diaryl/α,β-unsaturated/α-hetero) is 1. The topological polar surface area (TPSA) is 89.7 Å².